The first-order valence-corrected chi connectivity index (χ1v) is 7.73. The third-order valence-electron chi connectivity index (χ3n) is 4.15. The minimum Gasteiger partial charge on any atom is -0.371 e. The van der Waals surface area contributed by atoms with Gasteiger partial charge in [0.2, 0.25) is 5.95 Å². The predicted octanol–water partition coefficient (Wildman–Crippen LogP) is 2.87. The minimum atomic E-state index is -0.131. The molecule has 2 aromatic carbocycles. The van der Waals surface area contributed by atoms with Gasteiger partial charge in [0.1, 0.15) is 6.10 Å². The van der Waals surface area contributed by atoms with Crippen molar-refractivity contribution >= 4 is 16.9 Å². The second-order valence-corrected chi connectivity index (χ2v) is 5.67. The molecule has 1 saturated heterocycles. The lowest BCUT2D eigenvalue weighted by Crippen LogP contribution is -2.26. The average molecular weight is 307 g/mol. The number of nitrogens with zero attached hydrogens (tertiary/aromatic N) is 1. The SMILES string of the molecule is O=c1[nH]c(N[C@@H]2CCO[C@H]2c2ccccc2)nc2ccccc12. The van der Waals surface area contributed by atoms with Gasteiger partial charge in [-0.15, -0.1) is 0 Å². The summed E-state index contributed by atoms with van der Waals surface area (Å²) in [5.74, 6) is 0.491. The molecule has 23 heavy (non-hydrogen) atoms. The Bertz CT molecular complexity index is 876. The highest BCUT2D eigenvalue weighted by Crippen LogP contribution is 2.30. The van der Waals surface area contributed by atoms with Gasteiger partial charge in [-0.05, 0) is 24.1 Å². The molecular weight excluding hydrogens is 290 g/mol. The van der Waals surface area contributed by atoms with Gasteiger partial charge in [0.15, 0.2) is 0 Å². The number of rotatable bonds is 3. The largest absolute Gasteiger partial charge is 0.371 e. The van der Waals surface area contributed by atoms with Crippen molar-refractivity contribution in [1.29, 1.82) is 0 Å². The van der Waals surface area contributed by atoms with Gasteiger partial charge >= 0.3 is 0 Å². The summed E-state index contributed by atoms with van der Waals surface area (Å²) in [7, 11) is 0. The molecule has 4 rings (SSSR count). The zero-order valence-electron chi connectivity index (χ0n) is 12.5. The summed E-state index contributed by atoms with van der Waals surface area (Å²) in [6.07, 6.45) is 0.837. The minimum absolute atomic E-state index is 0.0343. The maximum Gasteiger partial charge on any atom is 0.260 e. The van der Waals surface area contributed by atoms with Crippen LogP contribution in [0, 0.1) is 0 Å². The van der Waals surface area contributed by atoms with Crippen LogP contribution in [0.1, 0.15) is 18.1 Å². The molecule has 1 aromatic heterocycles. The summed E-state index contributed by atoms with van der Waals surface area (Å²) in [5.41, 5.74) is 1.69. The summed E-state index contributed by atoms with van der Waals surface area (Å²) >= 11 is 0. The second-order valence-electron chi connectivity index (χ2n) is 5.67. The van der Waals surface area contributed by atoms with E-state index in [-0.39, 0.29) is 17.7 Å². The predicted molar refractivity (Wildman–Crippen MR) is 89.5 cm³/mol. The Balaban J connectivity index is 1.63. The molecule has 0 aliphatic carbocycles. The van der Waals surface area contributed by atoms with E-state index in [0.29, 0.717) is 23.5 Å². The van der Waals surface area contributed by atoms with Crippen molar-refractivity contribution in [2.75, 3.05) is 11.9 Å². The van der Waals surface area contributed by atoms with E-state index in [1.807, 2.05) is 36.4 Å². The van der Waals surface area contributed by atoms with Gasteiger partial charge in [-0.2, -0.15) is 0 Å². The number of nitrogens with one attached hydrogen (secondary N) is 2. The molecule has 0 spiro atoms. The Morgan fingerprint density at radius 3 is 2.74 bits per heavy atom. The molecular formula is C18H17N3O2. The quantitative estimate of drug-likeness (QED) is 0.781. The highest BCUT2D eigenvalue weighted by atomic mass is 16.5. The first kappa shape index (κ1) is 14.0. The Morgan fingerprint density at radius 1 is 1.09 bits per heavy atom. The monoisotopic (exact) mass is 307 g/mol. The molecule has 0 amide bonds. The molecule has 2 N–H and O–H groups in total. The summed E-state index contributed by atoms with van der Waals surface area (Å²) in [6.45, 7) is 0.690. The van der Waals surface area contributed by atoms with Crippen molar-refractivity contribution in [1.82, 2.24) is 9.97 Å². The van der Waals surface area contributed by atoms with E-state index >= 15 is 0 Å². The van der Waals surface area contributed by atoms with E-state index in [0.717, 1.165) is 12.0 Å². The number of fused-ring (bicyclic) bond motifs is 1. The van der Waals surface area contributed by atoms with Crippen molar-refractivity contribution in [2.24, 2.45) is 0 Å². The van der Waals surface area contributed by atoms with E-state index in [4.69, 9.17) is 4.74 Å². The Hall–Kier alpha value is -2.66. The van der Waals surface area contributed by atoms with Crippen LogP contribution in [-0.4, -0.2) is 22.6 Å². The Kier molecular flexibility index (Phi) is 3.55. The molecule has 2 atom stereocenters. The Morgan fingerprint density at radius 2 is 1.87 bits per heavy atom. The van der Waals surface area contributed by atoms with Gasteiger partial charge in [-0.25, -0.2) is 4.98 Å². The fourth-order valence-electron chi connectivity index (χ4n) is 3.04. The smallest absolute Gasteiger partial charge is 0.260 e. The van der Waals surface area contributed by atoms with E-state index in [9.17, 15) is 4.79 Å². The summed E-state index contributed by atoms with van der Waals surface area (Å²) in [5, 5.41) is 3.93. The van der Waals surface area contributed by atoms with Crippen LogP contribution in [0.5, 0.6) is 0 Å². The van der Waals surface area contributed by atoms with Crippen molar-refractivity contribution < 1.29 is 4.74 Å². The maximum atomic E-state index is 12.2. The van der Waals surface area contributed by atoms with Crippen LogP contribution >= 0.6 is 0 Å². The molecule has 3 aromatic rings. The first-order chi connectivity index (χ1) is 11.3. The molecule has 5 heteroatoms. The number of anilines is 1. The number of hydrogen-bond donors (Lipinski definition) is 2. The summed E-state index contributed by atoms with van der Waals surface area (Å²) in [6, 6.07) is 17.5. The molecule has 0 bridgehead atoms. The van der Waals surface area contributed by atoms with Crippen molar-refractivity contribution in [3.05, 3.63) is 70.5 Å². The molecule has 1 aliphatic rings. The highest BCUT2D eigenvalue weighted by Gasteiger charge is 2.30. The summed E-state index contributed by atoms with van der Waals surface area (Å²) in [4.78, 5) is 19.5. The standard InChI is InChI=1S/C18H17N3O2/c22-17-13-8-4-5-9-14(13)19-18(21-17)20-15-10-11-23-16(15)12-6-2-1-3-7-12/h1-9,15-16H,10-11H2,(H2,19,20,21,22)/t15-,16+/m1/s1. The number of para-hydroxylation sites is 1. The number of H-pyrrole nitrogens is 1. The lowest BCUT2D eigenvalue weighted by Gasteiger charge is -2.20. The lowest BCUT2D eigenvalue weighted by molar-refractivity contribution is 0.107. The first-order valence-electron chi connectivity index (χ1n) is 7.73. The molecule has 0 unspecified atom stereocenters. The average Bonchev–Trinajstić information content (AvgIpc) is 3.04. The molecule has 1 fully saturated rings. The van der Waals surface area contributed by atoms with Crippen molar-refractivity contribution in [2.45, 2.75) is 18.6 Å². The van der Waals surface area contributed by atoms with Gasteiger partial charge in [-0.3, -0.25) is 9.78 Å². The van der Waals surface area contributed by atoms with E-state index < -0.39 is 0 Å². The van der Waals surface area contributed by atoms with Crippen molar-refractivity contribution in [3.63, 3.8) is 0 Å². The van der Waals surface area contributed by atoms with Crippen LogP contribution in [0.25, 0.3) is 10.9 Å². The van der Waals surface area contributed by atoms with Crippen LogP contribution in [-0.2, 0) is 4.74 Å². The Labute approximate surface area is 133 Å². The second kappa shape index (κ2) is 5.85. The maximum absolute atomic E-state index is 12.2. The molecule has 0 saturated carbocycles. The molecule has 0 radical (unpaired) electrons. The normalized spacial score (nSPS) is 20.7. The number of aromatic nitrogens is 2. The molecule has 2 heterocycles. The molecule has 116 valence electrons. The van der Waals surface area contributed by atoms with Gasteiger partial charge in [0.05, 0.1) is 16.9 Å². The fourth-order valence-corrected chi connectivity index (χ4v) is 3.04. The van der Waals surface area contributed by atoms with Crippen LogP contribution in [0.2, 0.25) is 0 Å². The van der Waals surface area contributed by atoms with Crippen LogP contribution < -0.4 is 10.9 Å². The van der Waals surface area contributed by atoms with Crippen LogP contribution in [0.4, 0.5) is 5.95 Å². The van der Waals surface area contributed by atoms with Gasteiger partial charge in [0, 0.05) is 6.61 Å². The number of aromatic amines is 1. The van der Waals surface area contributed by atoms with Crippen LogP contribution in [0.15, 0.2) is 59.4 Å². The van der Waals surface area contributed by atoms with E-state index in [1.54, 1.807) is 6.07 Å². The topological polar surface area (TPSA) is 67.0 Å². The van der Waals surface area contributed by atoms with Gasteiger partial charge in [-0.1, -0.05) is 42.5 Å². The third-order valence-corrected chi connectivity index (χ3v) is 4.15. The zero-order valence-corrected chi connectivity index (χ0v) is 12.5. The zero-order chi connectivity index (χ0) is 15.6. The number of hydrogen-bond acceptors (Lipinski definition) is 4. The third kappa shape index (κ3) is 2.71. The lowest BCUT2D eigenvalue weighted by atomic mass is 10.0. The summed E-state index contributed by atoms with van der Waals surface area (Å²) < 4.78 is 5.86. The molecule has 5 nitrogen and oxygen atoms in total. The number of benzene rings is 2. The molecule has 1 aliphatic heterocycles. The van der Waals surface area contributed by atoms with E-state index in [2.05, 4.69) is 27.4 Å². The van der Waals surface area contributed by atoms with Crippen molar-refractivity contribution in [3.8, 4) is 0 Å². The van der Waals surface area contributed by atoms with Crippen LogP contribution in [0.3, 0.4) is 0 Å². The number of ether oxygens (including phenoxy) is 1. The fraction of sp³-hybridized carbons (Fsp3) is 0.222. The van der Waals surface area contributed by atoms with Gasteiger partial charge < -0.3 is 10.1 Å². The van der Waals surface area contributed by atoms with Gasteiger partial charge in [0.25, 0.3) is 5.56 Å². The van der Waals surface area contributed by atoms with E-state index in [1.165, 1.54) is 0 Å². The highest BCUT2D eigenvalue weighted by molar-refractivity contribution is 5.78.